The Morgan fingerprint density at radius 1 is 1.41 bits per heavy atom. The van der Waals surface area contributed by atoms with Gasteiger partial charge in [0.1, 0.15) is 0 Å². The Labute approximate surface area is 132 Å². The quantitative estimate of drug-likeness (QED) is 0.726. The van der Waals surface area contributed by atoms with Crippen molar-refractivity contribution >= 4 is 6.03 Å². The summed E-state index contributed by atoms with van der Waals surface area (Å²) in [7, 11) is 0. The fourth-order valence-corrected chi connectivity index (χ4v) is 2.44. The van der Waals surface area contributed by atoms with Gasteiger partial charge < -0.3 is 20.1 Å². The number of hydrogen-bond acceptors (Lipinski definition) is 3. The van der Waals surface area contributed by atoms with E-state index in [9.17, 15) is 4.79 Å². The molecule has 2 atom stereocenters. The summed E-state index contributed by atoms with van der Waals surface area (Å²) in [4.78, 5) is 11.8. The normalized spacial score (nSPS) is 18.9. The Kier molecular flexibility index (Phi) is 7.19. The number of amides is 2. The van der Waals surface area contributed by atoms with Gasteiger partial charge in [-0.3, -0.25) is 0 Å². The number of urea groups is 1. The number of hydrogen-bond donors (Lipinski definition) is 2. The highest BCUT2D eigenvalue weighted by Crippen LogP contribution is 2.12. The van der Waals surface area contributed by atoms with Crippen LogP contribution < -0.4 is 10.6 Å². The summed E-state index contributed by atoms with van der Waals surface area (Å²) in [6.07, 6.45) is 3.30. The third kappa shape index (κ3) is 6.03. The zero-order chi connectivity index (χ0) is 15.6. The molecule has 2 N–H and O–H groups in total. The maximum atomic E-state index is 11.8. The van der Waals surface area contributed by atoms with Crippen molar-refractivity contribution in [1.29, 1.82) is 0 Å². The second-order valence-corrected chi connectivity index (χ2v) is 5.60. The fourth-order valence-electron chi connectivity index (χ4n) is 2.44. The van der Waals surface area contributed by atoms with Gasteiger partial charge in [0.25, 0.3) is 0 Å². The van der Waals surface area contributed by atoms with Crippen LogP contribution in [0, 0.1) is 0 Å². The van der Waals surface area contributed by atoms with Gasteiger partial charge in [-0.05, 0) is 31.7 Å². The van der Waals surface area contributed by atoms with E-state index in [0.29, 0.717) is 19.8 Å². The first-order valence-corrected chi connectivity index (χ1v) is 8.04. The first-order chi connectivity index (χ1) is 10.8. The third-order valence-corrected chi connectivity index (χ3v) is 3.73. The number of carbonyl (C=O) groups excluding carboxylic acids is 1. The average molecular weight is 306 g/mol. The van der Waals surface area contributed by atoms with Gasteiger partial charge in [0.15, 0.2) is 0 Å². The maximum Gasteiger partial charge on any atom is 0.315 e. The van der Waals surface area contributed by atoms with Gasteiger partial charge in [-0.25, -0.2) is 4.79 Å². The van der Waals surface area contributed by atoms with Crippen LogP contribution in [0.2, 0.25) is 0 Å². The minimum Gasteiger partial charge on any atom is -0.379 e. The Balaban J connectivity index is 1.50. The van der Waals surface area contributed by atoms with E-state index in [0.717, 1.165) is 31.4 Å². The van der Waals surface area contributed by atoms with Crippen LogP contribution in [0.1, 0.15) is 37.8 Å². The van der Waals surface area contributed by atoms with Crippen molar-refractivity contribution in [2.75, 3.05) is 26.4 Å². The molecule has 5 nitrogen and oxygen atoms in total. The summed E-state index contributed by atoms with van der Waals surface area (Å²) >= 11 is 0. The van der Waals surface area contributed by atoms with E-state index in [4.69, 9.17) is 9.47 Å². The van der Waals surface area contributed by atoms with Crippen LogP contribution >= 0.6 is 0 Å². The lowest BCUT2D eigenvalue weighted by molar-refractivity contribution is 0.0168. The van der Waals surface area contributed by atoms with Crippen molar-refractivity contribution in [1.82, 2.24) is 10.6 Å². The Morgan fingerprint density at radius 2 is 2.23 bits per heavy atom. The standard InChI is InChI=1S/C17H26N2O3/c1-14(15-7-3-2-4-8-15)19-17(20)18-10-6-11-21-13-16-9-5-12-22-16/h2-4,7-8,14,16H,5-6,9-13H2,1H3,(H2,18,19,20). The second-order valence-electron chi connectivity index (χ2n) is 5.60. The van der Waals surface area contributed by atoms with E-state index >= 15 is 0 Å². The monoisotopic (exact) mass is 306 g/mol. The minimum absolute atomic E-state index is 0.00281. The largest absolute Gasteiger partial charge is 0.379 e. The highest BCUT2D eigenvalue weighted by atomic mass is 16.5. The van der Waals surface area contributed by atoms with Crippen molar-refractivity contribution in [3.63, 3.8) is 0 Å². The number of benzene rings is 1. The summed E-state index contributed by atoms with van der Waals surface area (Å²) in [5.74, 6) is 0. The van der Waals surface area contributed by atoms with Crippen LogP contribution in [0.5, 0.6) is 0 Å². The molecule has 0 aliphatic carbocycles. The van der Waals surface area contributed by atoms with Gasteiger partial charge in [0.05, 0.1) is 18.8 Å². The molecule has 22 heavy (non-hydrogen) atoms. The SMILES string of the molecule is CC(NC(=O)NCCCOCC1CCCO1)c1ccccc1. The van der Waals surface area contributed by atoms with Crippen molar-refractivity contribution in [2.45, 2.75) is 38.3 Å². The third-order valence-electron chi connectivity index (χ3n) is 3.73. The van der Waals surface area contributed by atoms with Crippen molar-refractivity contribution < 1.29 is 14.3 Å². The number of rotatable bonds is 8. The lowest BCUT2D eigenvalue weighted by Crippen LogP contribution is -2.37. The van der Waals surface area contributed by atoms with E-state index in [2.05, 4.69) is 10.6 Å². The van der Waals surface area contributed by atoms with Gasteiger partial charge in [-0.1, -0.05) is 30.3 Å². The zero-order valence-corrected chi connectivity index (χ0v) is 13.2. The molecule has 1 aromatic rings. The van der Waals surface area contributed by atoms with Gasteiger partial charge in [0.2, 0.25) is 0 Å². The average Bonchev–Trinajstić information content (AvgIpc) is 3.05. The van der Waals surface area contributed by atoms with E-state index in [1.807, 2.05) is 37.3 Å². The smallest absolute Gasteiger partial charge is 0.315 e. The first kappa shape index (κ1) is 16.8. The molecule has 0 spiro atoms. The molecule has 1 heterocycles. The number of nitrogens with one attached hydrogen (secondary N) is 2. The van der Waals surface area contributed by atoms with Crippen LogP contribution in [-0.4, -0.2) is 38.5 Å². The minimum atomic E-state index is -0.143. The molecule has 0 aromatic heterocycles. The molecule has 122 valence electrons. The van der Waals surface area contributed by atoms with E-state index in [1.54, 1.807) is 0 Å². The van der Waals surface area contributed by atoms with Crippen LogP contribution in [0.4, 0.5) is 4.79 Å². The fraction of sp³-hybridized carbons (Fsp3) is 0.588. The molecule has 0 radical (unpaired) electrons. The lowest BCUT2D eigenvalue weighted by Gasteiger charge is -2.15. The molecular formula is C17H26N2O3. The molecule has 1 aromatic carbocycles. The van der Waals surface area contributed by atoms with Crippen LogP contribution in [0.3, 0.4) is 0 Å². The molecule has 1 aliphatic heterocycles. The van der Waals surface area contributed by atoms with Gasteiger partial charge in [-0.2, -0.15) is 0 Å². The molecule has 2 rings (SSSR count). The molecular weight excluding hydrogens is 280 g/mol. The number of ether oxygens (including phenoxy) is 2. The topological polar surface area (TPSA) is 59.6 Å². The second kappa shape index (κ2) is 9.43. The van der Waals surface area contributed by atoms with Crippen LogP contribution in [0.25, 0.3) is 0 Å². The molecule has 5 heteroatoms. The Hall–Kier alpha value is -1.59. The van der Waals surface area contributed by atoms with E-state index < -0.39 is 0 Å². The van der Waals surface area contributed by atoms with Gasteiger partial charge in [0, 0.05) is 19.8 Å². The molecule has 2 unspecified atom stereocenters. The number of carbonyl (C=O) groups is 1. The Bertz CT molecular complexity index is 433. The van der Waals surface area contributed by atoms with Crippen molar-refractivity contribution in [3.8, 4) is 0 Å². The van der Waals surface area contributed by atoms with Crippen molar-refractivity contribution in [3.05, 3.63) is 35.9 Å². The molecule has 1 aliphatic rings. The molecule has 1 fully saturated rings. The maximum absolute atomic E-state index is 11.8. The molecule has 0 saturated carbocycles. The summed E-state index contributed by atoms with van der Waals surface area (Å²) in [6, 6.07) is 9.77. The summed E-state index contributed by atoms with van der Waals surface area (Å²) in [5, 5.41) is 5.77. The highest BCUT2D eigenvalue weighted by Gasteiger charge is 2.15. The summed E-state index contributed by atoms with van der Waals surface area (Å²) in [6.45, 7) is 4.75. The summed E-state index contributed by atoms with van der Waals surface area (Å²) in [5.41, 5.74) is 1.09. The Morgan fingerprint density at radius 3 is 2.95 bits per heavy atom. The highest BCUT2D eigenvalue weighted by molar-refractivity contribution is 5.74. The summed E-state index contributed by atoms with van der Waals surface area (Å²) < 4.78 is 11.0. The predicted molar refractivity (Wildman–Crippen MR) is 85.8 cm³/mol. The predicted octanol–water partition coefficient (Wildman–Crippen LogP) is 2.63. The molecule has 0 bridgehead atoms. The van der Waals surface area contributed by atoms with Gasteiger partial charge in [-0.15, -0.1) is 0 Å². The van der Waals surface area contributed by atoms with E-state index in [1.165, 1.54) is 0 Å². The van der Waals surface area contributed by atoms with Crippen molar-refractivity contribution in [2.24, 2.45) is 0 Å². The van der Waals surface area contributed by atoms with E-state index in [-0.39, 0.29) is 18.2 Å². The molecule has 2 amide bonds. The zero-order valence-electron chi connectivity index (χ0n) is 13.2. The molecule has 1 saturated heterocycles. The lowest BCUT2D eigenvalue weighted by atomic mass is 10.1. The van der Waals surface area contributed by atoms with Crippen LogP contribution in [-0.2, 0) is 9.47 Å². The first-order valence-electron chi connectivity index (χ1n) is 8.04. The van der Waals surface area contributed by atoms with Crippen LogP contribution in [0.15, 0.2) is 30.3 Å². The van der Waals surface area contributed by atoms with Gasteiger partial charge >= 0.3 is 6.03 Å².